The normalized spacial score (nSPS) is 14.7. The van der Waals surface area contributed by atoms with Crippen LogP contribution in [0.15, 0.2) is 42.7 Å². The van der Waals surface area contributed by atoms with Crippen molar-refractivity contribution < 1.29 is 9.47 Å². The van der Waals surface area contributed by atoms with Gasteiger partial charge in [-0.15, -0.1) is 0 Å². The maximum absolute atomic E-state index is 6.00. The molecule has 7 heteroatoms. The average molecular weight is 349 g/mol. The Kier molecular flexibility index (Phi) is 3.53. The second kappa shape index (κ2) is 6.03. The zero-order chi connectivity index (χ0) is 17.5. The van der Waals surface area contributed by atoms with Crippen LogP contribution in [0, 0.1) is 5.92 Å². The highest BCUT2D eigenvalue weighted by Gasteiger charge is 2.20. The van der Waals surface area contributed by atoms with Crippen LogP contribution in [0.4, 0.5) is 11.5 Å². The third-order valence-corrected chi connectivity index (χ3v) is 4.72. The van der Waals surface area contributed by atoms with E-state index >= 15 is 0 Å². The fraction of sp³-hybridized carbons (Fsp3) is 0.263. The highest BCUT2D eigenvalue weighted by Crippen LogP contribution is 2.31. The van der Waals surface area contributed by atoms with Crippen LogP contribution in [0.5, 0.6) is 5.75 Å². The zero-order valence-corrected chi connectivity index (χ0v) is 14.4. The molecule has 0 bridgehead atoms. The Morgan fingerprint density at radius 1 is 1.35 bits per heavy atom. The SMILES string of the molecule is Cn1cc(OCC2COC2)c2ccc(Nc3n[nH]c4cccnc34)cc21. The second-order valence-electron chi connectivity index (χ2n) is 6.65. The Balaban J connectivity index is 1.43. The largest absolute Gasteiger partial charge is 0.491 e. The maximum Gasteiger partial charge on any atom is 0.178 e. The van der Waals surface area contributed by atoms with E-state index in [4.69, 9.17) is 9.47 Å². The number of nitrogens with one attached hydrogen (secondary N) is 2. The summed E-state index contributed by atoms with van der Waals surface area (Å²) >= 11 is 0. The smallest absolute Gasteiger partial charge is 0.178 e. The van der Waals surface area contributed by atoms with Crippen molar-refractivity contribution in [2.75, 3.05) is 25.1 Å². The van der Waals surface area contributed by atoms with E-state index < -0.39 is 0 Å². The Hall–Kier alpha value is -3.06. The van der Waals surface area contributed by atoms with Gasteiger partial charge >= 0.3 is 0 Å². The molecule has 7 nitrogen and oxygen atoms in total. The van der Waals surface area contributed by atoms with Crippen LogP contribution >= 0.6 is 0 Å². The molecule has 3 aromatic heterocycles. The molecule has 0 saturated carbocycles. The van der Waals surface area contributed by atoms with Crippen molar-refractivity contribution in [1.82, 2.24) is 19.7 Å². The summed E-state index contributed by atoms with van der Waals surface area (Å²) in [4.78, 5) is 4.38. The van der Waals surface area contributed by atoms with E-state index in [9.17, 15) is 0 Å². The fourth-order valence-corrected chi connectivity index (χ4v) is 3.21. The van der Waals surface area contributed by atoms with Gasteiger partial charge in [0.1, 0.15) is 11.3 Å². The second-order valence-corrected chi connectivity index (χ2v) is 6.65. The van der Waals surface area contributed by atoms with Crippen molar-refractivity contribution in [2.45, 2.75) is 0 Å². The van der Waals surface area contributed by atoms with E-state index in [0.29, 0.717) is 12.5 Å². The molecule has 2 N–H and O–H groups in total. The highest BCUT2D eigenvalue weighted by atomic mass is 16.5. The Morgan fingerprint density at radius 3 is 3.12 bits per heavy atom. The van der Waals surface area contributed by atoms with Crippen LogP contribution in [0.3, 0.4) is 0 Å². The van der Waals surface area contributed by atoms with Gasteiger partial charge < -0.3 is 19.4 Å². The first kappa shape index (κ1) is 15.2. The van der Waals surface area contributed by atoms with Gasteiger partial charge in [-0.3, -0.25) is 10.1 Å². The number of fused-ring (bicyclic) bond motifs is 2. The van der Waals surface area contributed by atoms with Crippen molar-refractivity contribution in [2.24, 2.45) is 13.0 Å². The number of pyridine rings is 1. The summed E-state index contributed by atoms with van der Waals surface area (Å²) in [6.45, 7) is 2.29. The number of H-pyrrole nitrogens is 1. The number of hydrogen-bond acceptors (Lipinski definition) is 5. The van der Waals surface area contributed by atoms with E-state index in [-0.39, 0.29) is 0 Å². The van der Waals surface area contributed by atoms with E-state index in [0.717, 1.165) is 52.4 Å². The number of aromatic amines is 1. The molecule has 4 aromatic rings. The molecule has 0 unspecified atom stereocenters. The first-order valence-corrected chi connectivity index (χ1v) is 8.63. The number of hydrogen-bond donors (Lipinski definition) is 2. The van der Waals surface area contributed by atoms with Gasteiger partial charge in [0.15, 0.2) is 5.82 Å². The number of aromatic nitrogens is 4. The molecular formula is C19H19N5O2. The summed E-state index contributed by atoms with van der Waals surface area (Å²) in [6.07, 6.45) is 3.79. The Labute approximate surface area is 149 Å². The minimum absolute atomic E-state index is 0.506. The Bertz CT molecular complexity index is 1080. The average Bonchev–Trinajstić information content (AvgIpc) is 3.16. The van der Waals surface area contributed by atoms with Crippen LogP contribution in [0.1, 0.15) is 0 Å². The van der Waals surface area contributed by atoms with E-state index in [2.05, 4.69) is 37.2 Å². The fourth-order valence-electron chi connectivity index (χ4n) is 3.21. The molecule has 0 amide bonds. The lowest BCUT2D eigenvalue weighted by Crippen LogP contribution is -2.32. The molecule has 1 saturated heterocycles. The highest BCUT2D eigenvalue weighted by molar-refractivity contribution is 5.92. The topological polar surface area (TPSA) is 77.0 Å². The number of anilines is 2. The molecule has 26 heavy (non-hydrogen) atoms. The number of ether oxygens (including phenoxy) is 2. The lowest BCUT2D eigenvalue weighted by Gasteiger charge is -2.25. The minimum Gasteiger partial charge on any atom is -0.491 e. The van der Waals surface area contributed by atoms with Crippen LogP contribution in [-0.4, -0.2) is 39.6 Å². The number of benzene rings is 1. The molecule has 1 fully saturated rings. The quantitative estimate of drug-likeness (QED) is 0.578. The Morgan fingerprint density at radius 2 is 2.27 bits per heavy atom. The monoisotopic (exact) mass is 349 g/mol. The molecule has 1 aliphatic heterocycles. The van der Waals surface area contributed by atoms with Gasteiger partial charge in [0, 0.05) is 36.4 Å². The maximum atomic E-state index is 6.00. The van der Waals surface area contributed by atoms with Crippen LogP contribution < -0.4 is 10.1 Å². The molecule has 4 heterocycles. The summed E-state index contributed by atoms with van der Waals surface area (Å²) < 4.78 is 13.3. The van der Waals surface area contributed by atoms with Crippen molar-refractivity contribution >= 4 is 33.4 Å². The molecule has 5 rings (SSSR count). The van der Waals surface area contributed by atoms with Crippen molar-refractivity contribution in [3.8, 4) is 5.75 Å². The summed E-state index contributed by atoms with van der Waals surface area (Å²) in [5, 5.41) is 11.8. The molecule has 0 aliphatic carbocycles. The van der Waals surface area contributed by atoms with Crippen LogP contribution in [0.25, 0.3) is 21.9 Å². The molecule has 1 aliphatic rings. The molecule has 132 valence electrons. The number of nitrogens with zero attached hydrogens (tertiary/aromatic N) is 3. The van der Waals surface area contributed by atoms with E-state index in [1.165, 1.54) is 0 Å². The third kappa shape index (κ3) is 2.57. The van der Waals surface area contributed by atoms with Crippen molar-refractivity contribution in [3.05, 3.63) is 42.7 Å². The van der Waals surface area contributed by atoms with Gasteiger partial charge in [-0.05, 0) is 30.3 Å². The third-order valence-electron chi connectivity index (χ3n) is 4.72. The molecule has 0 atom stereocenters. The zero-order valence-electron chi connectivity index (χ0n) is 14.4. The van der Waals surface area contributed by atoms with Gasteiger partial charge in [0.05, 0.1) is 30.9 Å². The summed E-state index contributed by atoms with van der Waals surface area (Å²) in [7, 11) is 2.02. The summed E-state index contributed by atoms with van der Waals surface area (Å²) in [5.74, 6) is 2.13. The molecule has 0 radical (unpaired) electrons. The van der Waals surface area contributed by atoms with Crippen LogP contribution in [0.2, 0.25) is 0 Å². The number of rotatable bonds is 5. The predicted octanol–water partition coefficient (Wildman–Crippen LogP) is 3.22. The van der Waals surface area contributed by atoms with Crippen molar-refractivity contribution in [3.63, 3.8) is 0 Å². The lowest BCUT2D eigenvalue weighted by atomic mass is 10.1. The number of aryl methyl sites for hydroxylation is 1. The van der Waals surface area contributed by atoms with Gasteiger partial charge in [-0.1, -0.05) is 0 Å². The van der Waals surface area contributed by atoms with Gasteiger partial charge in [0.2, 0.25) is 0 Å². The molecule has 1 aromatic carbocycles. The van der Waals surface area contributed by atoms with E-state index in [1.807, 2.05) is 31.4 Å². The van der Waals surface area contributed by atoms with Gasteiger partial charge in [-0.2, -0.15) is 5.10 Å². The lowest BCUT2D eigenvalue weighted by molar-refractivity contribution is -0.0506. The first-order chi connectivity index (χ1) is 12.8. The minimum atomic E-state index is 0.506. The molecule has 0 spiro atoms. The summed E-state index contributed by atoms with van der Waals surface area (Å²) in [6, 6.07) is 10.0. The molecular weight excluding hydrogens is 330 g/mol. The predicted molar refractivity (Wildman–Crippen MR) is 99.9 cm³/mol. The van der Waals surface area contributed by atoms with Crippen LogP contribution in [-0.2, 0) is 11.8 Å². The standard InChI is InChI=1S/C19H19N5O2/c1-24-8-17(26-11-12-9-25-10-12)14-5-4-13(7-16(14)24)21-19-18-15(22-23-19)3-2-6-20-18/h2-8,12H,9-11H2,1H3,(H2,21,22,23). The van der Waals surface area contributed by atoms with Gasteiger partial charge in [-0.25, -0.2) is 0 Å². The van der Waals surface area contributed by atoms with Crippen molar-refractivity contribution in [1.29, 1.82) is 0 Å². The first-order valence-electron chi connectivity index (χ1n) is 8.63. The van der Waals surface area contributed by atoms with Gasteiger partial charge in [0.25, 0.3) is 0 Å². The summed E-state index contributed by atoms with van der Waals surface area (Å²) in [5.41, 5.74) is 3.79. The van der Waals surface area contributed by atoms with E-state index in [1.54, 1.807) is 6.20 Å².